The number of benzene rings is 1. The summed E-state index contributed by atoms with van der Waals surface area (Å²) in [5.41, 5.74) is 3.92. The summed E-state index contributed by atoms with van der Waals surface area (Å²) in [6.45, 7) is 2.09. The molecule has 4 nitrogen and oxygen atoms in total. The molecule has 20 heavy (non-hydrogen) atoms. The average Bonchev–Trinajstić information content (AvgIpc) is 2.49. The monoisotopic (exact) mass is 267 g/mol. The summed E-state index contributed by atoms with van der Waals surface area (Å²) in [5, 5.41) is 12.2. The Morgan fingerprint density at radius 3 is 2.75 bits per heavy atom. The van der Waals surface area contributed by atoms with Gasteiger partial charge in [0.05, 0.1) is 6.61 Å². The van der Waals surface area contributed by atoms with Gasteiger partial charge in [-0.05, 0) is 28.8 Å². The second-order valence-electron chi connectivity index (χ2n) is 4.47. The summed E-state index contributed by atoms with van der Waals surface area (Å²) in [6.07, 6.45) is 1.66. The molecule has 0 saturated heterocycles. The van der Waals surface area contributed by atoms with Crippen LogP contribution < -0.4 is 5.32 Å². The average molecular weight is 267 g/mol. The van der Waals surface area contributed by atoms with Gasteiger partial charge in [0.25, 0.3) is 0 Å². The zero-order valence-corrected chi connectivity index (χ0v) is 11.5. The highest BCUT2D eigenvalue weighted by Crippen LogP contribution is 2.10. The van der Waals surface area contributed by atoms with Gasteiger partial charge >= 0.3 is 0 Å². The molecule has 1 heterocycles. The molecule has 0 aliphatic rings. The Hall–Kier alpha value is -2.22. The van der Waals surface area contributed by atoms with Crippen LogP contribution in [0.5, 0.6) is 0 Å². The molecule has 0 saturated carbocycles. The van der Waals surface area contributed by atoms with Crippen LogP contribution >= 0.6 is 0 Å². The number of hydrogen-bond acceptors (Lipinski definition) is 4. The van der Waals surface area contributed by atoms with E-state index in [0.717, 1.165) is 12.1 Å². The Bertz CT molecular complexity index is 605. The maximum atomic E-state index is 8.81. The third-order valence-electron chi connectivity index (χ3n) is 3.00. The van der Waals surface area contributed by atoms with E-state index in [9.17, 15) is 0 Å². The summed E-state index contributed by atoms with van der Waals surface area (Å²) in [4.78, 5) is 3.96. The molecule has 0 spiro atoms. The van der Waals surface area contributed by atoms with Gasteiger partial charge in [0, 0.05) is 26.4 Å². The minimum absolute atomic E-state index is 0.448. The first-order chi connectivity index (χ1) is 9.83. The number of rotatable bonds is 6. The molecular weight excluding hydrogens is 250 g/mol. The van der Waals surface area contributed by atoms with Crippen molar-refractivity contribution in [2.24, 2.45) is 0 Å². The van der Waals surface area contributed by atoms with Crippen LogP contribution in [-0.2, 0) is 24.4 Å². The van der Waals surface area contributed by atoms with Gasteiger partial charge in [0.15, 0.2) is 0 Å². The van der Waals surface area contributed by atoms with Crippen molar-refractivity contribution in [1.82, 2.24) is 10.3 Å². The molecule has 0 fully saturated rings. The van der Waals surface area contributed by atoms with Crippen LogP contribution in [0.15, 0.2) is 42.6 Å². The first kappa shape index (κ1) is 14.2. The predicted octanol–water partition coefficient (Wildman–Crippen LogP) is 2.39. The van der Waals surface area contributed by atoms with Gasteiger partial charge < -0.3 is 10.1 Å². The summed E-state index contributed by atoms with van der Waals surface area (Å²) in [6, 6.07) is 14.0. The van der Waals surface area contributed by atoms with Crippen LogP contribution in [0.3, 0.4) is 0 Å². The molecular formula is C16H17N3O. The van der Waals surface area contributed by atoms with Crippen LogP contribution in [-0.4, -0.2) is 12.1 Å². The van der Waals surface area contributed by atoms with Gasteiger partial charge in [-0.2, -0.15) is 5.26 Å². The molecule has 0 atom stereocenters. The van der Waals surface area contributed by atoms with Gasteiger partial charge in [-0.15, -0.1) is 0 Å². The number of pyridine rings is 1. The maximum Gasteiger partial charge on any atom is 0.140 e. The van der Waals surface area contributed by atoms with E-state index in [0.29, 0.717) is 18.8 Å². The first-order valence-electron chi connectivity index (χ1n) is 6.45. The molecule has 1 aromatic heterocycles. The van der Waals surface area contributed by atoms with Crippen molar-refractivity contribution in [3.8, 4) is 6.07 Å². The number of aromatic nitrogens is 1. The smallest absolute Gasteiger partial charge is 0.140 e. The number of methoxy groups -OCH3 is 1. The lowest BCUT2D eigenvalue weighted by Gasteiger charge is -2.10. The third kappa shape index (κ3) is 3.89. The van der Waals surface area contributed by atoms with Crippen molar-refractivity contribution in [2.45, 2.75) is 19.7 Å². The highest BCUT2D eigenvalue weighted by atomic mass is 16.5. The largest absolute Gasteiger partial charge is 0.380 e. The van der Waals surface area contributed by atoms with Crippen molar-refractivity contribution in [3.63, 3.8) is 0 Å². The zero-order valence-electron chi connectivity index (χ0n) is 11.5. The van der Waals surface area contributed by atoms with E-state index in [1.165, 1.54) is 11.1 Å². The summed E-state index contributed by atoms with van der Waals surface area (Å²) >= 11 is 0. The van der Waals surface area contributed by atoms with Crippen LogP contribution in [0, 0.1) is 11.3 Å². The summed E-state index contributed by atoms with van der Waals surface area (Å²) in [5.74, 6) is 0. The van der Waals surface area contributed by atoms with Crippen molar-refractivity contribution >= 4 is 0 Å². The van der Waals surface area contributed by atoms with Crippen molar-refractivity contribution in [1.29, 1.82) is 5.26 Å². The molecule has 0 aliphatic heterocycles. The topological polar surface area (TPSA) is 57.9 Å². The Labute approximate surface area is 119 Å². The molecule has 0 amide bonds. The number of nitriles is 1. The minimum atomic E-state index is 0.448. The molecule has 0 bridgehead atoms. The van der Waals surface area contributed by atoms with E-state index >= 15 is 0 Å². The Morgan fingerprint density at radius 2 is 2.00 bits per heavy atom. The second kappa shape index (κ2) is 7.39. The van der Waals surface area contributed by atoms with E-state index in [2.05, 4.69) is 22.4 Å². The highest BCUT2D eigenvalue weighted by molar-refractivity contribution is 5.27. The van der Waals surface area contributed by atoms with Gasteiger partial charge in [-0.1, -0.05) is 24.3 Å². The third-order valence-corrected chi connectivity index (χ3v) is 3.00. The van der Waals surface area contributed by atoms with E-state index in [-0.39, 0.29) is 0 Å². The van der Waals surface area contributed by atoms with Crippen LogP contribution in [0.2, 0.25) is 0 Å². The van der Waals surface area contributed by atoms with E-state index < -0.39 is 0 Å². The van der Waals surface area contributed by atoms with Crippen LogP contribution in [0.4, 0.5) is 0 Å². The van der Waals surface area contributed by atoms with E-state index in [1.807, 2.05) is 24.3 Å². The lowest BCUT2D eigenvalue weighted by Crippen LogP contribution is -2.14. The normalized spacial score (nSPS) is 10.2. The lowest BCUT2D eigenvalue weighted by molar-refractivity contribution is 0.184. The fourth-order valence-electron chi connectivity index (χ4n) is 2.01. The minimum Gasteiger partial charge on any atom is -0.380 e. The van der Waals surface area contributed by atoms with E-state index in [4.69, 9.17) is 10.00 Å². The number of nitrogens with zero attached hydrogens (tertiary/aromatic N) is 2. The maximum absolute atomic E-state index is 8.81. The van der Waals surface area contributed by atoms with Crippen molar-refractivity contribution in [2.75, 3.05) is 7.11 Å². The first-order valence-corrected chi connectivity index (χ1v) is 6.45. The number of nitrogens with one attached hydrogen (secondary N) is 1. The van der Waals surface area contributed by atoms with E-state index in [1.54, 1.807) is 19.4 Å². The molecule has 1 N–H and O–H groups in total. The zero-order chi connectivity index (χ0) is 14.2. The second-order valence-corrected chi connectivity index (χ2v) is 4.47. The number of ether oxygens (including phenoxy) is 1. The highest BCUT2D eigenvalue weighted by Gasteiger charge is 2.01. The van der Waals surface area contributed by atoms with Gasteiger partial charge in [-0.3, -0.25) is 0 Å². The quantitative estimate of drug-likeness (QED) is 0.873. The summed E-state index contributed by atoms with van der Waals surface area (Å²) < 4.78 is 5.19. The fraction of sp³-hybridized carbons (Fsp3) is 0.250. The predicted molar refractivity (Wildman–Crippen MR) is 76.7 cm³/mol. The molecule has 1 aromatic carbocycles. The van der Waals surface area contributed by atoms with Gasteiger partial charge in [0.1, 0.15) is 11.8 Å². The molecule has 0 aliphatic carbocycles. The lowest BCUT2D eigenvalue weighted by atomic mass is 10.1. The summed E-state index contributed by atoms with van der Waals surface area (Å²) in [7, 11) is 1.70. The Balaban J connectivity index is 1.94. The molecule has 0 radical (unpaired) electrons. The van der Waals surface area contributed by atoms with Crippen molar-refractivity contribution in [3.05, 3.63) is 65.0 Å². The molecule has 4 heteroatoms. The molecule has 2 aromatic rings. The number of hydrogen-bond donors (Lipinski definition) is 1. The molecule has 2 rings (SSSR count). The fourth-order valence-corrected chi connectivity index (χ4v) is 2.01. The standard InChI is InChI=1S/C16H17N3O/c1-20-12-15-5-3-2-4-14(15)11-18-10-13-6-7-19-16(8-13)9-17/h2-8,18H,10-12H2,1H3. The van der Waals surface area contributed by atoms with Crippen molar-refractivity contribution < 1.29 is 4.74 Å². The van der Waals surface area contributed by atoms with Gasteiger partial charge in [-0.25, -0.2) is 4.98 Å². The van der Waals surface area contributed by atoms with Gasteiger partial charge in [0.2, 0.25) is 0 Å². The van der Waals surface area contributed by atoms with Crippen LogP contribution in [0.25, 0.3) is 0 Å². The van der Waals surface area contributed by atoms with Crippen LogP contribution in [0.1, 0.15) is 22.4 Å². The Morgan fingerprint density at radius 1 is 1.20 bits per heavy atom. The molecule has 0 unspecified atom stereocenters. The molecule has 102 valence electrons. The Kier molecular flexibility index (Phi) is 5.24. The SMILES string of the molecule is COCc1ccccc1CNCc1ccnc(C#N)c1.